The molecule has 0 N–H and O–H groups in total. The van der Waals surface area contributed by atoms with E-state index in [1.54, 1.807) is 13.8 Å². The normalized spacial score (nSPS) is 11.5. The Labute approximate surface area is 258 Å². The number of imidazole rings is 1. The molecule has 0 aliphatic heterocycles. The van der Waals surface area contributed by atoms with Crippen molar-refractivity contribution in [2.75, 3.05) is 32.2 Å². The Kier molecular flexibility index (Phi) is 9.54. The van der Waals surface area contributed by atoms with Crippen molar-refractivity contribution in [3.8, 4) is 17.4 Å². The van der Waals surface area contributed by atoms with Gasteiger partial charge in [0.2, 0.25) is 5.88 Å². The summed E-state index contributed by atoms with van der Waals surface area (Å²) in [7, 11) is -5.35. The van der Waals surface area contributed by atoms with Crippen LogP contribution in [-0.4, -0.2) is 69.6 Å². The molecule has 0 unspecified atom stereocenters. The zero-order valence-corrected chi connectivity index (χ0v) is 26.6. The van der Waals surface area contributed by atoms with Crippen molar-refractivity contribution in [3.05, 3.63) is 53.7 Å². The molecule has 1 aromatic carbocycles. The molecule has 3 aromatic heterocycles. The van der Waals surface area contributed by atoms with Crippen LogP contribution in [0.1, 0.15) is 11.1 Å². The maximum absolute atomic E-state index is 14.0. The SMILES string of the molecule is COc1ccc2nc(S(=O)(=O)N(C)c3ncc(C)c(OC)c3C)n(S(=O)(=O)c3ccc(OCC(=O)[O-])cc3)c2n1.[Na+]. The number of benzene rings is 1. The quantitative estimate of drug-likeness (QED) is 0.174. The number of carbonyl (C=O) groups is 1. The molecule has 4 rings (SSSR count). The molecule has 0 radical (unpaired) electrons. The van der Waals surface area contributed by atoms with Crippen LogP contribution in [0.15, 0.2) is 52.6 Å². The number of sulfonamides is 1. The number of hydrogen-bond donors (Lipinski definition) is 0. The van der Waals surface area contributed by atoms with Gasteiger partial charge in [0, 0.05) is 30.4 Å². The summed E-state index contributed by atoms with van der Waals surface area (Å²) in [6, 6.07) is 7.48. The van der Waals surface area contributed by atoms with E-state index in [1.807, 2.05) is 0 Å². The van der Waals surface area contributed by atoms with E-state index in [0.717, 1.165) is 16.4 Å². The van der Waals surface area contributed by atoms with E-state index in [4.69, 9.17) is 14.2 Å². The molecule has 0 bridgehead atoms. The van der Waals surface area contributed by atoms with E-state index in [2.05, 4.69) is 15.0 Å². The van der Waals surface area contributed by atoms with Crippen molar-refractivity contribution in [1.29, 1.82) is 0 Å². The smallest absolute Gasteiger partial charge is 0.546 e. The number of aliphatic carboxylic acids is 1. The summed E-state index contributed by atoms with van der Waals surface area (Å²) in [6.07, 6.45) is 1.43. The number of carboxylic acid groups (broad SMARTS) is 1. The third kappa shape index (κ3) is 5.97. The Balaban J connectivity index is 0.00000462. The molecule has 0 saturated carbocycles. The second-order valence-corrected chi connectivity index (χ2v) is 12.0. The maximum Gasteiger partial charge on any atom is 1.00 e. The first-order chi connectivity index (χ1) is 18.8. The van der Waals surface area contributed by atoms with E-state index >= 15 is 0 Å². The van der Waals surface area contributed by atoms with Crippen molar-refractivity contribution >= 4 is 43.0 Å². The molecular weight excluding hydrogens is 589 g/mol. The van der Waals surface area contributed by atoms with Crippen LogP contribution in [0.5, 0.6) is 17.4 Å². The fourth-order valence-corrected chi connectivity index (χ4v) is 6.97. The monoisotopic (exact) mass is 613 g/mol. The Hall–Kier alpha value is -3.44. The van der Waals surface area contributed by atoms with Gasteiger partial charge in [-0.3, -0.25) is 0 Å². The number of aryl methyl sites for hydroxylation is 1. The van der Waals surface area contributed by atoms with Crippen molar-refractivity contribution < 1.29 is 70.5 Å². The minimum absolute atomic E-state index is 0. The van der Waals surface area contributed by atoms with Gasteiger partial charge in [0.1, 0.15) is 29.4 Å². The van der Waals surface area contributed by atoms with Gasteiger partial charge in [-0.2, -0.15) is 17.4 Å². The van der Waals surface area contributed by atoms with Crippen LogP contribution in [0.2, 0.25) is 0 Å². The van der Waals surface area contributed by atoms with Crippen LogP contribution in [0, 0.1) is 13.8 Å². The van der Waals surface area contributed by atoms with Crippen LogP contribution < -0.4 is 53.2 Å². The minimum Gasteiger partial charge on any atom is -0.546 e. The van der Waals surface area contributed by atoms with Crippen molar-refractivity contribution in [3.63, 3.8) is 0 Å². The summed E-state index contributed by atoms with van der Waals surface area (Å²) >= 11 is 0. The standard InChI is InChI=1S/C24H25N5O9S2.Na/c1-14-12-25-22(15(2)21(14)37-5)28(3)40(34,35)24-26-18-10-11-19(36-4)27-23(18)29(24)39(32,33)17-8-6-16(7-9-17)38-13-20(30)31;/h6-12H,13H2,1-5H3,(H,30,31);/q;+1/p-1. The van der Waals surface area contributed by atoms with Gasteiger partial charge in [-0.15, -0.1) is 0 Å². The van der Waals surface area contributed by atoms with Gasteiger partial charge in [-0.05, 0) is 44.2 Å². The first-order valence-corrected chi connectivity index (χ1v) is 14.3. The summed E-state index contributed by atoms with van der Waals surface area (Å²) in [5.74, 6) is -0.968. The third-order valence-corrected chi connectivity index (χ3v) is 9.29. The molecule has 14 nitrogen and oxygen atoms in total. The average molecular weight is 614 g/mol. The summed E-state index contributed by atoms with van der Waals surface area (Å²) in [5, 5.41) is 9.82. The number of rotatable bonds is 10. The number of carboxylic acids is 1. The maximum atomic E-state index is 14.0. The van der Waals surface area contributed by atoms with E-state index < -0.39 is 37.8 Å². The topological polar surface area (TPSA) is 183 Å². The Bertz CT molecular complexity index is 1830. The predicted octanol–water partition coefficient (Wildman–Crippen LogP) is -2.34. The van der Waals surface area contributed by atoms with E-state index in [-0.39, 0.29) is 63.1 Å². The summed E-state index contributed by atoms with van der Waals surface area (Å²) in [4.78, 5) is 22.8. The molecule has 0 aliphatic rings. The molecule has 3 heterocycles. The molecule has 0 fully saturated rings. The number of pyridine rings is 2. The van der Waals surface area contributed by atoms with Gasteiger partial charge in [-0.25, -0.2) is 22.7 Å². The van der Waals surface area contributed by atoms with Gasteiger partial charge in [-0.1, -0.05) is 0 Å². The molecule has 0 amide bonds. The van der Waals surface area contributed by atoms with Crippen molar-refractivity contribution in [2.24, 2.45) is 0 Å². The number of ether oxygens (including phenoxy) is 3. The number of hydrogen-bond acceptors (Lipinski definition) is 12. The van der Waals surface area contributed by atoms with Gasteiger partial charge >= 0.3 is 29.6 Å². The number of fused-ring (bicyclic) bond motifs is 1. The van der Waals surface area contributed by atoms with Gasteiger partial charge in [0.05, 0.1) is 25.1 Å². The second kappa shape index (κ2) is 12.2. The number of carbonyl (C=O) groups excluding carboxylic acids is 1. The molecule has 212 valence electrons. The summed E-state index contributed by atoms with van der Waals surface area (Å²) in [6.45, 7) is 2.63. The molecular formula is C24H24N5NaO9S2. The first kappa shape index (κ1) is 32.1. The van der Waals surface area contributed by atoms with Gasteiger partial charge in [0.25, 0.3) is 25.2 Å². The predicted molar refractivity (Wildman–Crippen MR) is 139 cm³/mol. The number of anilines is 1. The van der Waals surface area contributed by atoms with Crippen LogP contribution in [-0.2, 0) is 24.8 Å². The molecule has 0 atom stereocenters. The summed E-state index contributed by atoms with van der Waals surface area (Å²) < 4.78 is 72.5. The fourth-order valence-electron chi connectivity index (χ4n) is 3.93. The zero-order valence-electron chi connectivity index (χ0n) is 23.0. The van der Waals surface area contributed by atoms with E-state index in [9.17, 15) is 26.7 Å². The Morgan fingerprint density at radius 3 is 2.24 bits per heavy atom. The number of aromatic nitrogens is 4. The fraction of sp³-hybridized carbons (Fsp3) is 0.250. The first-order valence-electron chi connectivity index (χ1n) is 11.4. The van der Waals surface area contributed by atoms with Crippen LogP contribution in [0.3, 0.4) is 0 Å². The minimum atomic E-state index is -4.67. The molecule has 41 heavy (non-hydrogen) atoms. The van der Waals surface area contributed by atoms with Crippen molar-refractivity contribution in [1.82, 2.24) is 18.9 Å². The molecule has 0 saturated heterocycles. The second-order valence-electron chi connectivity index (χ2n) is 8.39. The summed E-state index contributed by atoms with van der Waals surface area (Å²) in [5.41, 5.74) is 0.755. The Morgan fingerprint density at radius 1 is 1.00 bits per heavy atom. The van der Waals surface area contributed by atoms with Gasteiger partial charge in [0.15, 0.2) is 5.65 Å². The van der Waals surface area contributed by atoms with Crippen LogP contribution in [0.4, 0.5) is 5.82 Å². The van der Waals surface area contributed by atoms with Crippen molar-refractivity contribution in [2.45, 2.75) is 23.9 Å². The van der Waals surface area contributed by atoms with E-state index in [1.165, 1.54) is 51.7 Å². The average Bonchev–Trinajstić information content (AvgIpc) is 3.32. The Morgan fingerprint density at radius 2 is 1.66 bits per heavy atom. The van der Waals surface area contributed by atoms with Crippen LogP contribution in [0.25, 0.3) is 11.2 Å². The largest absolute Gasteiger partial charge is 1.00 e. The number of methoxy groups -OCH3 is 2. The third-order valence-electron chi connectivity index (χ3n) is 5.85. The molecule has 17 heteroatoms. The van der Waals surface area contributed by atoms with Crippen LogP contribution >= 0.6 is 0 Å². The zero-order chi connectivity index (χ0) is 29.4. The van der Waals surface area contributed by atoms with Gasteiger partial charge < -0.3 is 24.1 Å². The molecule has 0 aliphatic carbocycles. The molecule has 4 aromatic rings. The molecule has 0 spiro atoms. The van der Waals surface area contributed by atoms with E-state index in [0.29, 0.717) is 20.8 Å². The number of nitrogens with zero attached hydrogens (tertiary/aromatic N) is 5.